The average molecular weight is 323 g/mol. The minimum Gasteiger partial charge on any atom is -0.338 e. The van der Waals surface area contributed by atoms with Crippen molar-refractivity contribution >= 4 is 12.4 Å². The Kier molecular flexibility index (Phi) is 5.94. The van der Waals surface area contributed by atoms with Crippen molar-refractivity contribution in [3.05, 3.63) is 47.1 Å². The third kappa shape index (κ3) is 3.85. The second-order valence-electron chi connectivity index (χ2n) is 5.71. The number of rotatable bonds is 5. The highest BCUT2D eigenvalue weighted by atomic mass is 35.5. The van der Waals surface area contributed by atoms with Gasteiger partial charge in [-0.1, -0.05) is 29.4 Å². The standard InChI is InChI=1S/C16H22N4O.ClH/c1-12-5-2-3-6-13(12)9-14-7-4-8-20(14)11-15-18-16(10-17)21-19-15;/h2-3,5-6,14H,4,7-11,17H2,1H3;1H. The van der Waals surface area contributed by atoms with E-state index in [9.17, 15) is 0 Å². The lowest BCUT2D eigenvalue weighted by molar-refractivity contribution is 0.234. The topological polar surface area (TPSA) is 68.2 Å². The van der Waals surface area contributed by atoms with Gasteiger partial charge < -0.3 is 10.3 Å². The van der Waals surface area contributed by atoms with E-state index in [-0.39, 0.29) is 12.4 Å². The van der Waals surface area contributed by atoms with E-state index in [0.717, 1.165) is 25.3 Å². The molecule has 1 aromatic carbocycles. The Morgan fingerprint density at radius 2 is 2.18 bits per heavy atom. The van der Waals surface area contributed by atoms with Gasteiger partial charge in [0.2, 0.25) is 5.89 Å². The van der Waals surface area contributed by atoms with Crippen LogP contribution in [0.3, 0.4) is 0 Å². The van der Waals surface area contributed by atoms with Crippen molar-refractivity contribution in [3.63, 3.8) is 0 Å². The summed E-state index contributed by atoms with van der Waals surface area (Å²) in [5.74, 6) is 1.26. The van der Waals surface area contributed by atoms with Crippen LogP contribution < -0.4 is 5.73 Å². The highest BCUT2D eigenvalue weighted by Crippen LogP contribution is 2.23. The summed E-state index contributed by atoms with van der Waals surface area (Å²) in [5, 5.41) is 4.00. The minimum absolute atomic E-state index is 0. The number of halogens is 1. The van der Waals surface area contributed by atoms with Gasteiger partial charge in [0.15, 0.2) is 5.82 Å². The molecule has 0 aliphatic carbocycles. The maximum atomic E-state index is 5.51. The Hall–Kier alpha value is -1.43. The zero-order valence-corrected chi connectivity index (χ0v) is 13.7. The van der Waals surface area contributed by atoms with Crippen LogP contribution in [0.5, 0.6) is 0 Å². The van der Waals surface area contributed by atoms with Crippen molar-refractivity contribution in [3.8, 4) is 0 Å². The van der Waals surface area contributed by atoms with E-state index in [4.69, 9.17) is 10.3 Å². The van der Waals surface area contributed by atoms with Crippen LogP contribution in [0, 0.1) is 6.92 Å². The average Bonchev–Trinajstić information content (AvgIpc) is 3.12. The van der Waals surface area contributed by atoms with Crippen LogP contribution in [0.15, 0.2) is 28.8 Å². The smallest absolute Gasteiger partial charge is 0.240 e. The van der Waals surface area contributed by atoms with E-state index in [2.05, 4.69) is 46.2 Å². The number of aromatic nitrogens is 2. The molecule has 1 saturated heterocycles. The largest absolute Gasteiger partial charge is 0.338 e. The number of benzene rings is 1. The molecule has 1 aromatic heterocycles. The van der Waals surface area contributed by atoms with Gasteiger partial charge in [-0.3, -0.25) is 4.90 Å². The van der Waals surface area contributed by atoms with Gasteiger partial charge in [0, 0.05) is 6.04 Å². The first kappa shape index (κ1) is 16.9. The van der Waals surface area contributed by atoms with E-state index in [1.165, 1.54) is 24.0 Å². The predicted octanol–water partition coefficient (Wildman–Crippen LogP) is 2.47. The SMILES string of the molecule is Cc1ccccc1CC1CCCN1Cc1noc(CN)n1.Cl. The molecule has 0 spiro atoms. The highest BCUT2D eigenvalue weighted by Gasteiger charge is 2.26. The monoisotopic (exact) mass is 322 g/mol. The Balaban J connectivity index is 0.00000176. The maximum Gasteiger partial charge on any atom is 0.240 e. The van der Waals surface area contributed by atoms with Crippen LogP contribution in [0.1, 0.15) is 35.7 Å². The number of nitrogens with two attached hydrogens (primary N) is 1. The summed E-state index contributed by atoms with van der Waals surface area (Å²) in [4.78, 5) is 6.76. The quantitative estimate of drug-likeness (QED) is 0.915. The molecular formula is C16H23ClN4O. The number of aryl methyl sites for hydroxylation is 1. The molecule has 1 fully saturated rings. The summed E-state index contributed by atoms with van der Waals surface area (Å²) in [6, 6.07) is 9.19. The molecule has 0 radical (unpaired) electrons. The lowest BCUT2D eigenvalue weighted by Gasteiger charge is -2.23. The zero-order chi connectivity index (χ0) is 14.7. The van der Waals surface area contributed by atoms with Crippen molar-refractivity contribution in [2.75, 3.05) is 6.54 Å². The summed E-state index contributed by atoms with van der Waals surface area (Å²) in [6.07, 6.45) is 3.56. The molecule has 3 rings (SSSR count). The highest BCUT2D eigenvalue weighted by molar-refractivity contribution is 5.85. The van der Waals surface area contributed by atoms with Gasteiger partial charge in [0.05, 0.1) is 13.1 Å². The molecule has 120 valence electrons. The Morgan fingerprint density at radius 3 is 2.91 bits per heavy atom. The lowest BCUT2D eigenvalue weighted by atomic mass is 10.00. The van der Waals surface area contributed by atoms with Crippen LogP contribution >= 0.6 is 12.4 Å². The molecular weight excluding hydrogens is 300 g/mol. The van der Waals surface area contributed by atoms with Gasteiger partial charge in [-0.05, 0) is 43.9 Å². The number of hydrogen-bond acceptors (Lipinski definition) is 5. The van der Waals surface area contributed by atoms with E-state index >= 15 is 0 Å². The zero-order valence-electron chi connectivity index (χ0n) is 12.9. The van der Waals surface area contributed by atoms with Crippen LogP contribution in [0.2, 0.25) is 0 Å². The molecule has 0 saturated carbocycles. The second-order valence-corrected chi connectivity index (χ2v) is 5.71. The van der Waals surface area contributed by atoms with Crippen LogP contribution in [0.4, 0.5) is 0 Å². The summed E-state index contributed by atoms with van der Waals surface area (Å²) < 4.78 is 5.08. The third-order valence-electron chi connectivity index (χ3n) is 4.25. The molecule has 1 atom stereocenters. The molecule has 22 heavy (non-hydrogen) atoms. The Bertz CT molecular complexity index is 601. The number of nitrogens with zero attached hydrogens (tertiary/aromatic N) is 3. The lowest BCUT2D eigenvalue weighted by Crippen LogP contribution is -2.31. The Morgan fingerprint density at radius 1 is 1.36 bits per heavy atom. The van der Waals surface area contributed by atoms with Crippen molar-refractivity contribution in [2.24, 2.45) is 5.73 Å². The van der Waals surface area contributed by atoms with Gasteiger partial charge in [0.1, 0.15) is 0 Å². The summed E-state index contributed by atoms with van der Waals surface area (Å²) in [5.41, 5.74) is 8.31. The number of hydrogen-bond donors (Lipinski definition) is 1. The van der Waals surface area contributed by atoms with E-state index in [1.807, 2.05) is 0 Å². The van der Waals surface area contributed by atoms with E-state index in [0.29, 0.717) is 18.5 Å². The van der Waals surface area contributed by atoms with Gasteiger partial charge in [-0.25, -0.2) is 0 Å². The third-order valence-corrected chi connectivity index (χ3v) is 4.25. The van der Waals surface area contributed by atoms with Crippen molar-refractivity contribution < 1.29 is 4.52 Å². The molecule has 2 N–H and O–H groups in total. The summed E-state index contributed by atoms with van der Waals surface area (Å²) in [6.45, 7) is 4.34. The predicted molar refractivity (Wildman–Crippen MR) is 87.8 cm³/mol. The van der Waals surface area contributed by atoms with E-state index < -0.39 is 0 Å². The summed E-state index contributed by atoms with van der Waals surface area (Å²) in [7, 11) is 0. The van der Waals surface area contributed by atoms with Crippen LogP contribution in [-0.2, 0) is 19.5 Å². The van der Waals surface area contributed by atoms with Gasteiger partial charge in [-0.15, -0.1) is 12.4 Å². The first-order chi connectivity index (χ1) is 10.3. The first-order valence-electron chi connectivity index (χ1n) is 7.56. The van der Waals surface area contributed by atoms with Crippen molar-refractivity contribution in [2.45, 2.75) is 45.3 Å². The van der Waals surface area contributed by atoms with Crippen LogP contribution in [0.25, 0.3) is 0 Å². The first-order valence-corrected chi connectivity index (χ1v) is 7.56. The maximum absolute atomic E-state index is 5.51. The van der Waals surface area contributed by atoms with Crippen LogP contribution in [-0.4, -0.2) is 27.6 Å². The van der Waals surface area contributed by atoms with Gasteiger partial charge in [-0.2, -0.15) is 4.98 Å². The normalized spacial score (nSPS) is 18.4. The van der Waals surface area contributed by atoms with Crippen molar-refractivity contribution in [1.29, 1.82) is 0 Å². The minimum atomic E-state index is 0. The molecule has 1 aliphatic heterocycles. The molecule has 0 bridgehead atoms. The molecule has 1 aliphatic rings. The molecule has 2 heterocycles. The molecule has 0 amide bonds. The van der Waals surface area contributed by atoms with Gasteiger partial charge >= 0.3 is 0 Å². The number of likely N-dealkylation sites (tertiary alicyclic amines) is 1. The van der Waals surface area contributed by atoms with Crippen molar-refractivity contribution in [1.82, 2.24) is 15.0 Å². The van der Waals surface area contributed by atoms with E-state index in [1.54, 1.807) is 0 Å². The van der Waals surface area contributed by atoms with Gasteiger partial charge in [0.25, 0.3) is 0 Å². The molecule has 2 aromatic rings. The fourth-order valence-electron chi connectivity index (χ4n) is 3.05. The molecule has 1 unspecified atom stereocenters. The molecule has 5 nitrogen and oxygen atoms in total. The molecule has 6 heteroatoms. The fraction of sp³-hybridized carbons (Fsp3) is 0.500. The summed E-state index contributed by atoms with van der Waals surface area (Å²) >= 11 is 0. The Labute approximate surface area is 137 Å². The fourth-order valence-corrected chi connectivity index (χ4v) is 3.05. The second kappa shape index (κ2) is 7.72.